The highest BCUT2D eigenvalue weighted by Gasteiger charge is 2.17. The summed E-state index contributed by atoms with van der Waals surface area (Å²) in [7, 11) is 0. The van der Waals surface area contributed by atoms with Gasteiger partial charge in [-0.05, 0) is 18.1 Å². The molecule has 0 saturated heterocycles. The van der Waals surface area contributed by atoms with Gasteiger partial charge in [-0.15, -0.1) is 0 Å². The minimum absolute atomic E-state index is 0.176. The molecule has 3 rings (SSSR count). The van der Waals surface area contributed by atoms with Gasteiger partial charge in [0.2, 0.25) is 5.91 Å². The minimum atomic E-state index is -0.612. The first-order valence-electron chi connectivity index (χ1n) is 8.23. The van der Waals surface area contributed by atoms with Crippen molar-refractivity contribution in [3.05, 3.63) is 104 Å². The normalized spacial score (nSPS) is 11.7. The molecule has 1 heterocycles. The number of aromatic nitrogens is 2. The van der Waals surface area contributed by atoms with Gasteiger partial charge in [0.15, 0.2) is 0 Å². The van der Waals surface area contributed by atoms with Crippen molar-refractivity contribution in [3.8, 4) is 0 Å². The van der Waals surface area contributed by atoms with Crippen LogP contribution in [-0.4, -0.2) is 15.5 Å². The molecule has 0 aliphatic rings. The van der Waals surface area contributed by atoms with E-state index in [9.17, 15) is 14.4 Å². The number of benzene rings is 2. The van der Waals surface area contributed by atoms with Gasteiger partial charge in [-0.25, -0.2) is 4.79 Å². The lowest BCUT2D eigenvalue weighted by Gasteiger charge is -2.20. The van der Waals surface area contributed by atoms with E-state index in [1.54, 1.807) is 0 Å². The number of nitrogens with one attached hydrogen (secondary N) is 2. The van der Waals surface area contributed by atoms with Crippen molar-refractivity contribution in [2.24, 2.45) is 0 Å². The molecular formula is C20H19N3O3. The Morgan fingerprint density at radius 2 is 1.65 bits per heavy atom. The second kappa shape index (κ2) is 7.65. The molecule has 3 aromatic rings. The molecule has 26 heavy (non-hydrogen) atoms. The van der Waals surface area contributed by atoms with E-state index in [0.717, 1.165) is 21.3 Å². The van der Waals surface area contributed by atoms with Crippen molar-refractivity contribution in [3.63, 3.8) is 0 Å². The van der Waals surface area contributed by atoms with Gasteiger partial charge in [0.25, 0.3) is 5.56 Å². The van der Waals surface area contributed by atoms with Crippen LogP contribution in [0, 0.1) is 6.92 Å². The van der Waals surface area contributed by atoms with Crippen LogP contribution in [0.25, 0.3) is 0 Å². The highest BCUT2D eigenvalue weighted by Crippen LogP contribution is 2.22. The molecule has 1 amide bonds. The van der Waals surface area contributed by atoms with Crippen molar-refractivity contribution in [1.82, 2.24) is 14.9 Å². The molecule has 0 spiro atoms. The van der Waals surface area contributed by atoms with Crippen LogP contribution in [-0.2, 0) is 11.3 Å². The third kappa shape index (κ3) is 4.16. The van der Waals surface area contributed by atoms with Crippen molar-refractivity contribution in [2.75, 3.05) is 0 Å². The molecule has 0 bridgehead atoms. The topological polar surface area (TPSA) is 84.0 Å². The lowest BCUT2D eigenvalue weighted by molar-refractivity contribution is -0.122. The second-order valence-electron chi connectivity index (χ2n) is 6.06. The maximum Gasteiger partial charge on any atom is 0.328 e. The van der Waals surface area contributed by atoms with Gasteiger partial charge >= 0.3 is 5.69 Å². The summed E-state index contributed by atoms with van der Waals surface area (Å²) in [5.41, 5.74) is 1.92. The molecule has 2 aromatic carbocycles. The van der Waals surface area contributed by atoms with Gasteiger partial charge in [-0.2, -0.15) is 0 Å². The number of amides is 1. The van der Waals surface area contributed by atoms with Crippen molar-refractivity contribution in [2.45, 2.75) is 19.5 Å². The molecule has 0 unspecified atom stereocenters. The van der Waals surface area contributed by atoms with E-state index >= 15 is 0 Å². The van der Waals surface area contributed by atoms with Crippen LogP contribution in [0.15, 0.2) is 76.4 Å². The summed E-state index contributed by atoms with van der Waals surface area (Å²) < 4.78 is 1.16. The Morgan fingerprint density at radius 1 is 1.00 bits per heavy atom. The van der Waals surface area contributed by atoms with Gasteiger partial charge in [0.05, 0.1) is 6.04 Å². The third-order valence-electron chi connectivity index (χ3n) is 4.06. The first-order valence-corrected chi connectivity index (χ1v) is 8.23. The molecule has 1 aromatic heterocycles. The molecule has 2 N–H and O–H groups in total. The molecule has 0 aliphatic carbocycles. The monoisotopic (exact) mass is 349 g/mol. The number of nitrogens with zero attached hydrogens (tertiary/aromatic N) is 1. The zero-order valence-corrected chi connectivity index (χ0v) is 14.3. The number of hydrogen-bond acceptors (Lipinski definition) is 3. The third-order valence-corrected chi connectivity index (χ3v) is 4.06. The Bertz CT molecular complexity index is 1000. The molecule has 0 fully saturated rings. The van der Waals surface area contributed by atoms with Crippen LogP contribution in [0.5, 0.6) is 0 Å². The average Bonchev–Trinajstić information content (AvgIpc) is 2.64. The first kappa shape index (κ1) is 17.4. The molecule has 132 valence electrons. The summed E-state index contributed by atoms with van der Waals surface area (Å²) in [5.74, 6) is -0.325. The van der Waals surface area contributed by atoms with Gasteiger partial charge in [0.1, 0.15) is 6.54 Å². The van der Waals surface area contributed by atoms with Crippen molar-refractivity contribution < 1.29 is 4.79 Å². The number of rotatable bonds is 5. The fraction of sp³-hybridized carbons (Fsp3) is 0.150. The van der Waals surface area contributed by atoms with E-state index in [1.165, 1.54) is 12.3 Å². The SMILES string of the molecule is Cc1ccc([C@@H](NC(=O)Cn2ccc(=O)[nH]c2=O)c2ccccc2)cc1. The van der Waals surface area contributed by atoms with Gasteiger partial charge < -0.3 is 5.32 Å². The van der Waals surface area contributed by atoms with Gasteiger partial charge in [0, 0.05) is 12.3 Å². The quantitative estimate of drug-likeness (QED) is 0.736. The van der Waals surface area contributed by atoms with Crippen LogP contribution < -0.4 is 16.6 Å². The van der Waals surface area contributed by atoms with Crippen LogP contribution in [0.2, 0.25) is 0 Å². The molecule has 1 atom stereocenters. The number of carbonyl (C=O) groups excluding carboxylic acids is 1. The summed E-state index contributed by atoms with van der Waals surface area (Å²) in [5, 5.41) is 2.97. The highest BCUT2D eigenvalue weighted by molar-refractivity contribution is 5.76. The maximum absolute atomic E-state index is 12.5. The fourth-order valence-corrected chi connectivity index (χ4v) is 2.69. The summed E-state index contributed by atoms with van der Waals surface area (Å²) >= 11 is 0. The van der Waals surface area contributed by atoms with Crippen LogP contribution in [0.4, 0.5) is 0 Å². The standard InChI is InChI=1S/C20H19N3O3/c1-14-7-9-16(10-8-14)19(15-5-3-2-4-6-15)21-18(25)13-23-12-11-17(24)22-20(23)26/h2-12,19H,13H2,1H3,(H,21,25)(H,22,24,26)/t19-/m0/s1. The largest absolute Gasteiger partial charge is 0.344 e. The molecular weight excluding hydrogens is 330 g/mol. The number of aromatic amines is 1. The molecule has 0 aliphatic heterocycles. The van der Waals surface area contributed by atoms with Crippen molar-refractivity contribution in [1.29, 1.82) is 0 Å². The molecule has 0 saturated carbocycles. The predicted octanol–water partition coefficient (Wildman–Crippen LogP) is 1.75. The number of hydrogen-bond donors (Lipinski definition) is 2. The second-order valence-corrected chi connectivity index (χ2v) is 6.06. The zero-order chi connectivity index (χ0) is 18.5. The Labute approximate surface area is 150 Å². The average molecular weight is 349 g/mol. The highest BCUT2D eigenvalue weighted by atomic mass is 16.2. The van der Waals surface area contributed by atoms with E-state index in [-0.39, 0.29) is 18.5 Å². The summed E-state index contributed by atoms with van der Waals surface area (Å²) in [6.07, 6.45) is 1.31. The Kier molecular flexibility index (Phi) is 5.12. The first-order chi connectivity index (χ1) is 12.5. The Morgan fingerprint density at radius 3 is 2.31 bits per heavy atom. The smallest absolute Gasteiger partial charge is 0.328 e. The Hall–Kier alpha value is -3.41. The van der Waals surface area contributed by atoms with Crippen LogP contribution >= 0.6 is 0 Å². The summed E-state index contributed by atoms with van der Waals surface area (Å²) in [4.78, 5) is 37.5. The molecule has 6 nitrogen and oxygen atoms in total. The van der Waals surface area contributed by atoms with Crippen LogP contribution in [0.1, 0.15) is 22.7 Å². The van der Waals surface area contributed by atoms with E-state index < -0.39 is 11.2 Å². The van der Waals surface area contributed by atoms with Crippen molar-refractivity contribution >= 4 is 5.91 Å². The Balaban J connectivity index is 1.85. The lowest BCUT2D eigenvalue weighted by atomic mass is 9.98. The molecule has 6 heteroatoms. The number of carbonyl (C=O) groups is 1. The molecule has 0 radical (unpaired) electrons. The number of H-pyrrole nitrogens is 1. The van der Waals surface area contributed by atoms with E-state index in [0.29, 0.717) is 0 Å². The van der Waals surface area contributed by atoms with E-state index in [4.69, 9.17) is 0 Å². The van der Waals surface area contributed by atoms with Gasteiger partial charge in [-0.1, -0.05) is 60.2 Å². The van der Waals surface area contributed by atoms with E-state index in [1.807, 2.05) is 61.5 Å². The van der Waals surface area contributed by atoms with E-state index in [2.05, 4.69) is 10.3 Å². The minimum Gasteiger partial charge on any atom is -0.344 e. The fourth-order valence-electron chi connectivity index (χ4n) is 2.69. The lowest BCUT2D eigenvalue weighted by Crippen LogP contribution is -2.37. The summed E-state index contributed by atoms with van der Waals surface area (Å²) in [6.45, 7) is 1.83. The summed E-state index contributed by atoms with van der Waals surface area (Å²) in [6, 6.07) is 18.4. The van der Waals surface area contributed by atoms with Crippen LogP contribution in [0.3, 0.4) is 0 Å². The maximum atomic E-state index is 12.5. The van der Waals surface area contributed by atoms with Gasteiger partial charge in [-0.3, -0.25) is 19.1 Å². The number of aryl methyl sites for hydroxylation is 1. The predicted molar refractivity (Wildman–Crippen MR) is 98.9 cm³/mol. The zero-order valence-electron chi connectivity index (χ0n) is 14.3.